The zero-order valence-electron chi connectivity index (χ0n) is 15.7. The maximum atomic E-state index is 13.3. The Morgan fingerprint density at radius 2 is 1.82 bits per heavy atom. The number of aromatic nitrogens is 3. The predicted octanol–water partition coefficient (Wildman–Crippen LogP) is 4.66. The molecule has 0 fully saturated rings. The van der Waals surface area contributed by atoms with E-state index in [4.69, 9.17) is 0 Å². The molecule has 0 aliphatic heterocycles. The Morgan fingerprint density at radius 3 is 2.64 bits per heavy atom. The van der Waals surface area contributed by atoms with Crippen LogP contribution in [0.25, 0.3) is 10.9 Å². The van der Waals surface area contributed by atoms with Gasteiger partial charge in [-0.15, -0.1) is 0 Å². The second-order valence-corrected chi connectivity index (χ2v) is 6.98. The van der Waals surface area contributed by atoms with Gasteiger partial charge in [-0.25, -0.2) is 9.37 Å². The third kappa shape index (κ3) is 4.61. The number of rotatable bonds is 8. The fraction of sp³-hybridized carbons (Fsp3) is 0.217. The summed E-state index contributed by atoms with van der Waals surface area (Å²) < 4.78 is 15.4. The van der Waals surface area contributed by atoms with Crippen molar-refractivity contribution in [3.8, 4) is 0 Å². The second kappa shape index (κ2) is 8.76. The van der Waals surface area contributed by atoms with Crippen molar-refractivity contribution in [1.29, 1.82) is 0 Å². The maximum Gasteiger partial charge on any atom is 0.123 e. The molecule has 0 atom stereocenters. The lowest BCUT2D eigenvalue weighted by atomic mass is 10.1. The van der Waals surface area contributed by atoms with Crippen LogP contribution >= 0.6 is 0 Å². The monoisotopic (exact) mass is 374 g/mol. The van der Waals surface area contributed by atoms with E-state index in [1.165, 1.54) is 23.1 Å². The summed E-state index contributed by atoms with van der Waals surface area (Å²) in [7, 11) is 0. The van der Waals surface area contributed by atoms with Crippen molar-refractivity contribution >= 4 is 10.9 Å². The Hall–Kier alpha value is -3.05. The van der Waals surface area contributed by atoms with Gasteiger partial charge in [-0.05, 0) is 41.8 Å². The minimum Gasteiger partial charge on any atom is -0.337 e. The molecule has 0 amide bonds. The van der Waals surface area contributed by atoms with Crippen LogP contribution in [0.1, 0.15) is 17.5 Å². The molecule has 2 heterocycles. The molecular weight excluding hydrogens is 351 g/mol. The van der Waals surface area contributed by atoms with Crippen molar-refractivity contribution in [2.45, 2.75) is 26.1 Å². The number of hydrogen-bond donors (Lipinski definition) is 0. The normalized spacial score (nSPS) is 11.4. The van der Waals surface area contributed by atoms with Gasteiger partial charge >= 0.3 is 0 Å². The predicted molar refractivity (Wildman–Crippen MR) is 109 cm³/mol. The summed E-state index contributed by atoms with van der Waals surface area (Å²) in [6.07, 6.45) is 8.48. The first-order valence-corrected chi connectivity index (χ1v) is 9.53. The molecule has 5 heteroatoms. The van der Waals surface area contributed by atoms with Crippen molar-refractivity contribution in [2.24, 2.45) is 0 Å². The molecule has 0 N–H and O–H groups in total. The highest BCUT2D eigenvalue weighted by Crippen LogP contribution is 2.19. The smallest absolute Gasteiger partial charge is 0.123 e. The summed E-state index contributed by atoms with van der Waals surface area (Å²) in [5.74, 6) is -0.199. The minimum absolute atomic E-state index is 0.199. The van der Waals surface area contributed by atoms with E-state index in [0.29, 0.717) is 0 Å². The van der Waals surface area contributed by atoms with E-state index >= 15 is 0 Å². The van der Waals surface area contributed by atoms with E-state index in [-0.39, 0.29) is 5.82 Å². The molecule has 2 aromatic heterocycles. The molecule has 0 unspecified atom stereocenters. The van der Waals surface area contributed by atoms with Crippen molar-refractivity contribution in [2.75, 3.05) is 6.54 Å². The van der Waals surface area contributed by atoms with Gasteiger partial charge in [0.2, 0.25) is 0 Å². The van der Waals surface area contributed by atoms with Gasteiger partial charge in [0, 0.05) is 50.2 Å². The van der Waals surface area contributed by atoms with Crippen LogP contribution in [0, 0.1) is 5.82 Å². The summed E-state index contributed by atoms with van der Waals surface area (Å²) in [5.41, 5.74) is 3.39. The molecule has 0 radical (unpaired) electrons. The molecule has 2 aromatic carbocycles. The number of imidazole rings is 1. The number of hydrogen-bond acceptors (Lipinski definition) is 3. The zero-order valence-corrected chi connectivity index (χ0v) is 15.7. The number of aryl methyl sites for hydroxylation is 1. The highest BCUT2D eigenvalue weighted by atomic mass is 19.1. The van der Waals surface area contributed by atoms with Crippen molar-refractivity contribution in [3.63, 3.8) is 0 Å². The highest BCUT2D eigenvalue weighted by molar-refractivity contribution is 5.81. The third-order valence-corrected chi connectivity index (χ3v) is 4.90. The summed E-state index contributed by atoms with van der Waals surface area (Å²) in [6.45, 7) is 3.47. The standard InChI is InChI=1S/C23H23FN4/c24-21-9-7-19(8-10-21)16-28(14-3-13-27-15-12-25-18-27)17-20-4-1-6-23-22(20)5-2-11-26-23/h1-2,4-12,15,18H,3,13-14,16-17H2. The molecule has 0 bridgehead atoms. The lowest BCUT2D eigenvalue weighted by Gasteiger charge is -2.23. The van der Waals surface area contributed by atoms with Gasteiger partial charge in [0.05, 0.1) is 11.8 Å². The molecule has 4 nitrogen and oxygen atoms in total. The number of benzene rings is 2. The molecule has 28 heavy (non-hydrogen) atoms. The van der Waals surface area contributed by atoms with Crippen LogP contribution in [-0.4, -0.2) is 26.0 Å². The van der Waals surface area contributed by atoms with Crippen molar-refractivity contribution in [1.82, 2.24) is 19.4 Å². The summed E-state index contributed by atoms with van der Waals surface area (Å²) >= 11 is 0. The minimum atomic E-state index is -0.199. The van der Waals surface area contributed by atoms with Crippen LogP contribution in [0.3, 0.4) is 0 Å². The summed E-state index contributed by atoms with van der Waals surface area (Å²) in [6, 6.07) is 17.2. The van der Waals surface area contributed by atoms with E-state index in [9.17, 15) is 4.39 Å². The molecular formula is C23H23FN4. The average Bonchev–Trinajstić information content (AvgIpc) is 3.23. The molecule has 0 saturated heterocycles. The molecule has 0 aliphatic carbocycles. The molecule has 142 valence electrons. The van der Waals surface area contributed by atoms with Gasteiger partial charge < -0.3 is 4.57 Å². The van der Waals surface area contributed by atoms with Gasteiger partial charge in [-0.3, -0.25) is 9.88 Å². The number of fused-ring (bicyclic) bond motifs is 1. The lowest BCUT2D eigenvalue weighted by molar-refractivity contribution is 0.249. The van der Waals surface area contributed by atoms with Gasteiger partial charge in [-0.1, -0.05) is 30.3 Å². The summed E-state index contributed by atoms with van der Waals surface area (Å²) in [5, 5.41) is 1.18. The first kappa shape index (κ1) is 18.3. The Bertz CT molecular complexity index is 1010. The Balaban J connectivity index is 1.51. The first-order valence-electron chi connectivity index (χ1n) is 9.53. The largest absolute Gasteiger partial charge is 0.337 e. The Morgan fingerprint density at radius 1 is 0.929 bits per heavy atom. The van der Waals surface area contributed by atoms with E-state index in [0.717, 1.165) is 43.7 Å². The van der Waals surface area contributed by atoms with Crippen LogP contribution in [0.15, 0.2) is 79.5 Å². The first-order chi connectivity index (χ1) is 13.8. The van der Waals surface area contributed by atoms with Crippen LogP contribution < -0.4 is 0 Å². The SMILES string of the molecule is Fc1ccc(CN(CCCn2ccnc2)Cc2cccc3ncccc23)cc1. The third-order valence-electron chi connectivity index (χ3n) is 4.90. The van der Waals surface area contributed by atoms with Gasteiger partial charge in [-0.2, -0.15) is 0 Å². The Labute approximate surface area is 164 Å². The van der Waals surface area contributed by atoms with E-state index in [1.54, 1.807) is 6.20 Å². The number of halogens is 1. The topological polar surface area (TPSA) is 34.0 Å². The second-order valence-electron chi connectivity index (χ2n) is 6.98. The van der Waals surface area contributed by atoms with E-state index < -0.39 is 0 Å². The van der Waals surface area contributed by atoms with Crippen molar-refractivity contribution in [3.05, 3.63) is 96.5 Å². The quantitative estimate of drug-likeness (QED) is 0.450. The van der Waals surface area contributed by atoms with Crippen LogP contribution in [0.5, 0.6) is 0 Å². The van der Waals surface area contributed by atoms with Crippen LogP contribution in [-0.2, 0) is 19.6 Å². The molecule has 0 saturated carbocycles. The molecule has 4 rings (SSSR count). The lowest BCUT2D eigenvalue weighted by Crippen LogP contribution is -2.25. The number of pyridine rings is 1. The fourth-order valence-corrected chi connectivity index (χ4v) is 3.50. The highest BCUT2D eigenvalue weighted by Gasteiger charge is 2.10. The zero-order chi connectivity index (χ0) is 19.2. The van der Waals surface area contributed by atoms with Gasteiger partial charge in [0.25, 0.3) is 0 Å². The van der Waals surface area contributed by atoms with Crippen LogP contribution in [0.4, 0.5) is 4.39 Å². The van der Waals surface area contributed by atoms with E-state index in [1.807, 2.05) is 43.0 Å². The molecule has 4 aromatic rings. The number of nitrogens with zero attached hydrogens (tertiary/aromatic N) is 4. The van der Waals surface area contributed by atoms with Crippen molar-refractivity contribution < 1.29 is 4.39 Å². The average molecular weight is 374 g/mol. The molecule has 0 spiro atoms. The van der Waals surface area contributed by atoms with E-state index in [2.05, 4.69) is 37.6 Å². The molecule has 0 aliphatic rings. The van der Waals surface area contributed by atoms with Crippen LogP contribution in [0.2, 0.25) is 0 Å². The van der Waals surface area contributed by atoms with Gasteiger partial charge in [0.1, 0.15) is 5.82 Å². The van der Waals surface area contributed by atoms with Gasteiger partial charge in [0.15, 0.2) is 0 Å². The Kier molecular flexibility index (Phi) is 5.73. The summed E-state index contributed by atoms with van der Waals surface area (Å²) in [4.78, 5) is 11.0. The fourth-order valence-electron chi connectivity index (χ4n) is 3.50. The maximum absolute atomic E-state index is 13.3.